The number of rotatable bonds is 2. The van der Waals surface area contributed by atoms with Crippen molar-refractivity contribution in [2.45, 2.75) is 24.9 Å². The van der Waals surface area contributed by atoms with Crippen molar-refractivity contribution < 1.29 is 4.74 Å². The Morgan fingerprint density at radius 3 is 3.07 bits per heavy atom. The minimum Gasteiger partial charge on any atom is -0.497 e. The minimum absolute atomic E-state index is 0.322. The highest BCUT2D eigenvalue weighted by atomic mass is 16.5. The predicted molar refractivity (Wildman–Crippen MR) is 60.9 cm³/mol. The van der Waals surface area contributed by atoms with Crippen LogP contribution in [0.25, 0.3) is 0 Å². The molecule has 0 unspecified atom stereocenters. The van der Waals surface area contributed by atoms with Gasteiger partial charge in [-0.15, -0.1) is 0 Å². The lowest BCUT2D eigenvalue weighted by molar-refractivity contribution is 0.366. The molecule has 15 heavy (non-hydrogen) atoms. The molecule has 0 radical (unpaired) electrons. The van der Waals surface area contributed by atoms with Gasteiger partial charge in [0.15, 0.2) is 0 Å². The number of hydrogen-bond acceptors (Lipinski definition) is 3. The average molecular weight is 206 g/mol. The van der Waals surface area contributed by atoms with Crippen LogP contribution < -0.4 is 15.8 Å². The van der Waals surface area contributed by atoms with E-state index < -0.39 is 0 Å². The van der Waals surface area contributed by atoms with Crippen LogP contribution in [0, 0.1) is 0 Å². The van der Waals surface area contributed by atoms with Crippen LogP contribution in [0.15, 0.2) is 24.3 Å². The molecule has 1 heterocycles. The zero-order valence-corrected chi connectivity index (χ0v) is 9.07. The van der Waals surface area contributed by atoms with Crippen molar-refractivity contribution >= 4 is 0 Å². The third-order valence-corrected chi connectivity index (χ3v) is 2.94. The zero-order chi connectivity index (χ0) is 10.7. The van der Waals surface area contributed by atoms with Gasteiger partial charge < -0.3 is 15.8 Å². The van der Waals surface area contributed by atoms with E-state index in [1.54, 1.807) is 7.11 Å². The van der Waals surface area contributed by atoms with Gasteiger partial charge >= 0.3 is 0 Å². The molecule has 1 aromatic carbocycles. The van der Waals surface area contributed by atoms with Gasteiger partial charge in [-0.25, -0.2) is 0 Å². The maximum absolute atomic E-state index is 5.96. The van der Waals surface area contributed by atoms with E-state index in [9.17, 15) is 0 Å². The van der Waals surface area contributed by atoms with E-state index >= 15 is 0 Å². The molecule has 1 fully saturated rings. The fourth-order valence-electron chi connectivity index (χ4n) is 2.06. The Kier molecular flexibility index (Phi) is 3.23. The van der Waals surface area contributed by atoms with E-state index in [2.05, 4.69) is 17.4 Å². The summed E-state index contributed by atoms with van der Waals surface area (Å²) in [5.41, 5.74) is 7.23. The van der Waals surface area contributed by atoms with Crippen molar-refractivity contribution in [3.63, 3.8) is 0 Å². The monoisotopic (exact) mass is 206 g/mol. The first kappa shape index (κ1) is 10.5. The minimum atomic E-state index is 0.322. The standard InChI is InChI=1S/C12H18N2O/c1-15-11-4-2-3-9(7-11)12-8-10(13)5-6-14-12/h2-4,7,10,12,14H,5-6,8,13H2,1H3/t10-,12+/m1/s1. The van der Waals surface area contributed by atoms with E-state index in [4.69, 9.17) is 10.5 Å². The number of piperidine rings is 1. The molecular formula is C12H18N2O. The van der Waals surface area contributed by atoms with Gasteiger partial charge in [0.1, 0.15) is 5.75 Å². The van der Waals surface area contributed by atoms with Crippen LogP contribution in [0.4, 0.5) is 0 Å². The number of nitrogens with two attached hydrogens (primary N) is 1. The van der Waals surface area contributed by atoms with Crippen molar-refractivity contribution in [2.75, 3.05) is 13.7 Å². The molecule has 3 nitrogen and oxygen atoms in total. The second-order valence-corrected chi connectivity index (χ2v) is 4.07. The predicted octanol–water partition coefficient (Wildman–Crippen LogP) is 1.45. The normalized spacial score (nSPS) is 26.3. The van der Waals surface area contributed by atoms with E-state index in [-0.39, 0.29) is 0 Å². The van der Waals surface area contributed by atoms with Gasteiger partial charge in [-0.3, -0.25) is 0 Å². The summed E-state index contributed by atoms with van der Waals surface area (Å²) in [6.07, 6.45) is 2.08. The van der Waals surface area contributed by atoms with Crippen LogP contribution in [0.1, 0.15) is 24.4 Å². The molecule has 1 aromatic rings. The van der Waals surface area contributed by atoms with Crippen LogP contribution in [-0.2, 0) is 0 Å². The molecule has 0 aromatic heterocycles. The van der Waals surface area contributed by atoms with Crippen molar-refractivity contribution in [1.29, 1.82) is 0 Å². The van der Waals surface area contributed by atoms with Crippen molar-refractivity contribution in [3.05, 3.63) is 29.8 Å². The molecule has 1 aliphatic heterocycles. The maximum atomic E-state index is 5.96. The zero-order valence-electron chi connectivity index (χ0n) is 9.07. The van der Waals surface area contributed by atoms with Gasteiger partial charge in [0.25, 0.3) is 0 Å². The molecule has 0 spiro atoms. The Morgan fingerprint density at radius 2 is 2.33 bits per heavy atom. The lowest BCUT2D eigenvalue weighted by Crippen LogP contribution is -2.38. The van der Waals surface area contributed by atoms with Gasteiger partial charge in [-0.05, 0) is 37.1 Å². The molecule has 1 saturated heterocycles. The number of ether oxygens (including phenoxy) is 1. The smallest absolute Gasteiger partial charge is 0.119 e. The van der Waals surface area contributed by atoms with E-state index in [0.717, 1.165) is 25.1 Å². The first-order valence-electron chi connectivity index (χ1n) is 5.42. The summed E-state index contributed by atoms with van der Waals surface area (Å²) in [7, 11) is 1.69. The summed E-state index contributed by atoms with van der Waals surface area (Å²) >= 11 is 0. The number of nitrogens with one attached hydrogen (secondary N) is 1. The number of hydrogen-bond donors (Lipinski definition) is 2. The van der Waals surface area contributed by atoms with Crippen LogP contribution in [0.5, 0.6) is 5.75 Å². The molecule has 3 N–H and O–H groups in total. The van der Waals surface area contributed by atoms with Crippen molar-refractivity contribution in [3.8, 4) is 5.75 Å². The van der Waals surface area contributed by atoms with Crippen molar-refractivity contribution in [1.82, 2.24) is 5.32 Å². The first-order chi connectivity index (χ1) is 7.29. The highest BCUT2D eigenvalue weighted by molar-refractivity contribution is 5.30. The van der Waals surface area contributed by atoms with Gasteiger partial charge in [0, 0.05) is 12.1 Å². The highest BCUT2D eigenvalue weighted by Gasteiger charge is 2.19. The van der Waals surface area contributed by atoms with Crippen LogP contribution in [0.3, 0.4) is 0 Å². The Balaban J connectivity index is 2.13. The van der Waals surface area contributed by atoms with Crippen molar-refractivity contribution in [2.24, 2.45) is 5.73 Å². The van der Waals surface area contributed by atoms with E-state index in [1.807, 2.05) is 12.1 Å². The van der Waals surface area contributed by atoms with Crippen LogP contribution in [0.2, 0.25) is 0 Å². The second kappa shape index (κ2) is 4.64. The molecule has 0 saturated carbocycles. The Bertz CT molecular complexity index is 327. The molecule has 0 aliphatic carbocycles. The lowest BCUT2D eigenvalue weighted by Gasteiger charge is -2.28. The molecule has 82 valence electrons. The quantitative estimate of drug-likeness (QED) is 0.770. The second-order valence-electron chi connectivity index (χ2n) is 4.07. The average Bonchev–Trinajstić information content (AvgIpc) is 2.29. The maximum Gasteiger partial charge on any atom is 0.119 e. The van der Waals surface area contributed by atoms with Gasteiger partial charge in [0.2, 0.25) is 0 Å². The SMILES string of the molecule is COc1cccc([C@@H]2C[C@H](N)CCN2)c1. The van der Waals surface area contributed by atoms with Crippen LogP contribution >= 0.6 is 0 Å². The summed E-state index contributed by atoms with van der Waals surface area (Å²) in [6, 6.07) is 8.89. The summed E-state index contributed by atoms with van der Waals surface area (Å²) in [5.74, 6) is 0.911. The van der Waals surface area contributed by atoms with E-state index in [0.29, 0.717) is 12.1 Å². The topological polar surface area (TPSA) is 47.3 Å². The summed E-state index contributed by atoms with van der Waals surface area (Å²) in [5, 5.41) is 3.48. The van der Waals surface area contributed by atoms with Gasteiger partial charge in [-0.1, -0.05) is 12.1 Å². The summed E-state index contributed by atoms with van der Waals surface area (Å²) in [4.78, 5) is 0. The third-order valence-electron chi connectivity index (χ3n) is 2.94. The molecule has 0 amide bonds. The van der Waals surface area contributed by atoms with E-state index in [1.165, 1.54) is 5.56 Å². The fourth-order valence-corrected chi connectivity index (χ4v) is 2.06. The Morgan fingerprint density at radius 1 is 1.47 bits per heavy atom. The van der Waals surface area contributed by atoms with Gasteiger partial charge in [-0.2, -0.15) is 0 Å². The largest absolute Gasteiger partial charge is 0.497 e. The molecule has 1 aliphatic rings. The van der Waals surface area contributed by atoms with Crippen LogP contribution in [-0.4, -0.2) is 19.7 Å². The number of benzene rings is 1. The molecule has 2 rings (SSSR count). The number of methoxy groups -OCH3 is 1. The fraction of sp³-hybridized carbons (Fsp3) is 0.500. The first-order valence-corrected chi connectivity index (χ1v) is 5.42. The summed E-state index contributed by atoms with van der Waals surface area (Å²) < 4.78 is 5.21. The summed E-state index contributed by atoms with van der Waals surface area (Å²) in [6.45, 7) is 1.00. The third kappa shape index (κ3) is 2.49. The molecule has 3 heteroatoms. The van der Waals surface area contributed by atoms with Gasteiger partial charge in [0.05, 0.1) is 7.11 Å². The highest BCUT2D eigenvalue weighted by Crippen LogP contribution is 2.25. The Hall–Kier alpha value is -1.06. The Labute approximate surface area is 90.6 Å². The molecule has 0 bridgehead atoms. The molecular weight excluding hydrogens is 188 g/mol. The lowest BCUT2D eigenvalue weighted by atomic mass is 9.94. The molecule has 2 atom stereocenters.